The predicted octanol–water partition coefficient (Wildman–Crippen LogP) is 3.28. The zero-order chi connectivity index (χ0) is 16.1. The zero-order valence-corrected chi connectivity index (χ0v) is 13.0. The molecule has 0 aromatic heterocycles. The highest BCUT2D eigenvalue weighted by Gasteiger charge is 2.25. The van der Waals surface area contributed by atoms with Gasteiger partial charge in [0.05, 0.1) is 18.4 Å². The van der Waals surface area contributed by atoms with E-state index in [9.17, 15) is 9.70 Å². The van der Waals surface area contributed by atoms with Crippen LogP contribution in [0.15, 0.2) is 35.7 Å². The Morgan fingerprint density at radius 3 is 2.95 bits per heavy atom. The zero-order valence-electron chi connectivity index (χ0n) is 13.0. The summed E-state index contributed by atoms with van der Waals surface area (Å²) in [5.74, 6) is -0.440. The van der Waals surface area contributed by atoms with Gasteiger partial charge in [0, 0.05) is 24.8 Å². The van der Waals surface area contributed by atoms with E-state index in [4.69, 9.17) is 4.74 Å². The van der Waals surface area contributed by atoms with Crippen molar-refractivity contribution < 1.29 is 9.53 Å². The maximum absolute atomic E-state index is 11.6. The summed E-state index contributed by atoms with van der Waals surface area (Å²) >= 11 is 0. The second kappa shape index (κ2) is 7.06. The SMILES string of the molecule is C=C1CCC(CNc2cc(C(=O)OC)ccc2N=O)N1CC. The normalized spacial score (nSPS) is 17.5. The van der Waals surface area contributed by atoms with Crippen LogP contribution < -0.4 is 5.32 Å². The molecule has 1 aliphatic rings. The van der Waals surface area contributed by atoms with E-state index in [-0.39, 0.29) is 5.69 Å². The van der Waals surface area contributed by atoms with E-state index in [2.05, 4.69) is 28.9 Å². The number of anilines is 1. The fraction of sp³-hybridized carbons (Fsp3) is 0.438. The van der Waals surface area contributed by atoms with Gasteiger partial charge in [-0.05, 0) is 43.1 Å². The number of benzene rings is 1. The number of hydrogen-bond acceptors (Lipinski definition) is 6. The summed E-state index contributed by atoms with van der Waals surface area (Å²) in [6, 6.07) is 4.98. The number of methoxy groups -OCH3 is 1. The lowest BCUT2D eigenvalue weighted by atomic mass is 10.1. The second-order valence-electron chi connectivity index (χ2n) is 5.24. The smallest absolute Gasteiger partial charge is 0.337 e. The molecule has 0 saturated carbocycles. The van der Waals surface area contributed by atoms with Crippen LogP contribution in [0.2, 0.25) is 0 Å². The third-order valence-corrected chi connectivity index (χ3v) is 4.00. The number of esters is 1. The van der Waals surface area contributed by atoms with Crippen LogP contribution in [0.5, 0.6) is 0 Å². The molecule has 0 spiro atoms. The lowest BCUT2D eigenvalue weighted by Gasteiger charge is -2.26. The van der Waals surface area contributed by atoms with E-state index in [1.165, 1.54) is 19.2 Å². The van der Waals surface area contributed by atoms with Crippen molar-refractivity contribution in [3.05, 3.63) is 40.9 Å². The number of rotatable bonds is 6. The summed E-state index contributed by atoms with van der Waals surface area (Å²) in [7, 11) is 1.32. The molecule has 0 aliphatic carbocycles. The molecule has 0 radical (unpaired) electrons. The van der Waals surface area contributed by atoms with Crippen molar-refractivity contribution in [1.29, 1.82) is 0 Å². The number of nitroso groups, excluding NO2 is 1. The highest BCUT2D eigenvalue weighted by molar-refractivity contribution is 5.91. The molecule has 6 heteroatoms. The van der Waals surface area contributed by atoms with Gasteiger partial charge in [-0.15, -0.1) is 4.91 Å². The summed E-state index contributed by atoms with van der Waals surface area (Å²) in [6.07, 6.45) is 2.02. The van der Waals surface area contributed by atoms with Crippen molar-refractivity contribution >= 4 is 17.3 Å². The van der Waals surface area contributed by atoms with Gasteiger partial charge in [0.2, 0.25) is 0 Å². The molecule has 1 N–H and O–H groups in total. The Bertz CT molecular complexity index is 586. The molecular formula is C16H21N3O3. The monoisotopic (exact) mass is 303 g/mol. The van der Waals surface area contributed by atoms with Crippen molar-refractivity contribution in [2.45, 2.75) is 25.8 Å². The van der Waals surface area contributed by atoms with Gasteiger partial charge in [0.1, 0.15) is 5.69 Å². The van der Waals surface area contributed by atoms with Crippen molar-refractivity contribution in [2.24, 2.45) is 5.18 Å². The molecule has 118 valence electrons. The van der Waals surface area contributed by atoms with Crippen LogP contribution in [0, 0.1) is 4.91 Å². The Balaban J connectivity index is 2.12. The summed E-state index contributed by atoms with van der Waals surface area (Å²) in [4.78, 5) is 24.8. The Morgan fingerprint density at radius 2 is 2.32 bits per heavy atom. The molecule has 22 heavy (non-hydrogen) atoms. The molecule has 6 nitrogen and oxygen atoms in total. The van der Waals surface area contributed by atoms with E-state index in [0.717, 1.165) is 25.1 Å². The van der Waals surface area contributed by atoms with Crippen molar-refractivity contribution in [3.8, 4) is 0 Å². The molecule has 0 bridgehead atoms. The Kier molecular flexibility index (Phi) is 5.14. The minimum absolute atomic E-state index is 0.285. The molecule has 0 amide bonds. The van der Waals surface area contributed by atoms with Crippen molar-refractivity contribution in [2.75, 3.05) is 25.5 Å². The lowest BCUT2D eigenvalue weighted by Crippen LogP contribution is -2.33. The van der Waals surface area contributed by atoms with Gasteiger partial charge in [0.15, 0.2) is 0 Å². The Morgan fingerprint density at radius 1 is 1.55 bits per heavy atom. The lowest BCUT2D eigenvalue weighted by molar-refractivity contribution is 0.0601. The van der Waals surface area contributed by atoms with Crippen LogP contribution in [0.1, 0.15) is 30.1 Å². The van der Waals surface area contributed by atoms with Gasteiger partial charge < -0.3 is 15.0 Å². The van der Waals surface area contributed by atoms with E-state index < -0.39 is 5.97 Å². The van der Waals surface area contributed by atoms with Gasteiger partial charge in [0.25, 0.3) is 0 Å². The predicted molar refractivity (Wildman–Crippen MR) is 86.3 cm³/mol. The molecular weight excluding hydrogens is 282 g/mol. The fourth-order valence-corrected chi connectivity index (χ4v) is 2.81. The van der Waals surface area contributed by atoms with Crippen LogP contribution in [-0.2, 0) is 4.74 Å². The van der Waals surface area contributed by atoms with Gasteiger partial charge in [-0.3, -0.25) is 0 Å². The number of allylic oxidation sites excluding steroid dienone is 1. The number of hydrogen-bond donors (Lipinski definition) is 1. The van der Waals surface area contributed by atoms with Crippen LogP contribution in [0.4, 0.5) is 11.4 Å². The Hall–Kier alpha value is -2.37. The minimum Gasteiger partial charge on any atom is -0.465 e. The first-order valence-electron chi connectivity index (χ1n) is 7.34. The summed E-state index contributed by atoms with van der Waals surface area (Å²) in [6.45, 7) is 7.73. The number of carbonyl (C=O) groups is 1. The minimum atomic E-state index is -0.440. The third-order valence-electron chi connectivity index (χ3n) is 4.00. The van der Waals surface area contributed by atoms with Gasteiger partial charge >= 0.3 is 5.97 Å². The number of likely N-dealkylation sites (tertiary alicyclic amines) is 1. The van der Waals surface area contributed by atoms with Gasteiger partial charge in [-0.2, -0.15) is 0 Å². The van der Waals surface area contributed by atoms with Gasteiger partial charge in [-0.1, -0.05) is 6.58 Å². The first-order chi connectivity index (χ1) is 10.6. The molecule has 1 saturated heterocycles. The second-order valence-corrected chi connectivity index (χ2v) is 5.24. The number of nitrogens with one attached hydrogen (secondary N) is 1. The third kappa shape index (κ3) is 3.27. The Labute approximate surface area is 130 Å². The maximum Gasteiger partial charge on any atom is 0.337 e. The highest BCUT2D eigenvalue weighted by Crippen LogP contribution is 2.29. The molecule has 1 atom stereocenters. The van der Waals surface area contributed by atoms with Crippen molar-refractivity contribution in [1.82, 2.24) is 4.90 Å². The van der Waals surface area contributed by atoms with E-state index in [0.29, 0.717) is 23.8 Å². The standard InChI is InChI=1S/C16H21N3O3/c1-4-19-11(2)5-7-13(19)10-17-15-9-12(16(20)22-3)6-8-14(15)18-21/h6,8-9,13,17H,2,4-5,7,10H2,1,3H3. The summed E-state index contributed by atoms with van der Waals surface area (Å²) in [5, 5.41) is 6.23. The number of ether oxygens (including phenoxy) is 1. The molecule has 1 heterocycles. The average Bonchev–Trinajstić information content (AvgIpc) is 2.91. The van der Waals surface area contributed by atoms with Crippen molar-refractivity contribution in [3.63, 3.8) is 0 Å². The maximum atomic E-state index is 11.6. The molecule has 1 aromatic rings. The van der Waals surface area contributed by atoms with Crippen LogP contribution in [0.25, 0.3) is 0 Å². The topological polar surface area (TPSA) is 71.0 Å². The van der Waals surface area contributed by atoms with Crippen LogP contribution in [-0.4, -0.2) is 37.1 Å². The molecule has 2 rings (SSSR count). The first kappa shape index (κ1) is 16.0. The number of nitrogens with zero attached hydrogens (tertiary/aromatic N) is 2. The van der Waals surface area contributed by atoms with E-state index in [1.807, 2.05) is 0 Å². The number of likely N-dealkylation sites (N-methyl/N-ethyl adjacent to an activating group) is 1. The molecule has 1 aromatic carbocycles. The molecule has 1 unspecified atom stereocenters. The van der Waals surface area contributed by atoms with E-state index >= 15 is 0 Å². The summed E-state index contributed by atoms with van der Waals surface area (Å²) in [5.41, 5.74) is 2.37. The largest absolute Gasteiger partial charge is 0.465 e. The van der Waals surface area contributed by atoms with Crippen LogP contribution in [0.3, 0.4) is 0 Å². The van der Waals surface area contributed by atoms with Gasteiger partial charge in [-0.25, -0.2) is 4.79 Å². The summed E-state index contributed by atoms with van der Waals surface area (Å²) < 4.78 is 4.70. The fourth-order valence-electron chi connectivity index (χ4n) is 2.81. The number of carbonyl (C=O) groups excluding carboxylic acids is 1. The van der Waals surface area contributed by atoms with E-state index in [1.54, 1.807) is 6.07 Å². The molecule has 1 fully saturated rings. The average molecular weight is 303 g/mol. The molecule has 1 aliphatic heterocycles. The highest BCUT2D eigenvalue weighted by atomic mass is 16.5. The first-order valence-corrected chi connectivity index (χ1v) is 7.34. The quantitative estimate of drug-likeness (QED) is 0.645. The van der Waals surface area contributed by atoms with Crippen LogP contribution >= 0.6 is 0 Å².